The normalized spacial score (nSPS) is 25.4. The molecule has 0 aromatic heterocycles. The third-order valence-corrected chi connectivity index (χ3v) is 6.51. The quantitative estimate of drug-likeness (QED) is 0.799. The minimum absolute atomic E-state index is 0.0670. The van der Waals surface area contributed by atoms with E-state index in [0.29, 0.717) is 19.7 Å². The molecule has 0 saturated carbocycles. The summed E-state index contributed by atoms with van der Waals surface area (Å²) in [5.74, 6) is 0.846. The van der Waals surface area contributed by atoms with Crippen LogP contribution >= 0.6 is 11.8 Å². The van der Waals surface area contributed by atoms with Crippen LogP contribution in [0.3, 0.4) is 0 Å². The highest BCUT2D eigenvalue weighted by Gasteiger charge is 2.52. The molecule has 26 heavy (non-hydrogen) atoms. The van der Waals surface area contributed by atoms with E-state index < -0.39 is 4.87 Å². The molecule has 142 valence electrons. The molecule has 6 nitrogen and oxygen atoms in total. The lowest BCUT2D eigenvalue weighted by atomic mass is 10.1. The molecule has 0 radical (unpaired) electrons. The summed E-state index contributed by atoms with van der Waals surface area (Å²) in [4.78, 5) is 28.1. The number of amides is 2. The molecular formula is C19H26N2O4S. The van der Waals surface area contributed by atoms with E-state index in [4.69, 9.17) is 9.47 Å². The summed E-state index contributed by atoms with van der Waals surface area (Å²) in [5.41, 5.74) is 0.964. The molecule has 2 saturated heterocycles. The van der Waals surface area contributed by atoms with E-state index in [9.17, 15) is 9.59 Å². The van der Waals surface area contributed by atoms with Gasteiger partial charge in [-0.3, -0.25) is 4.90 Å². The number of ether oxygens (including phenoxy) is 2. The summed E-state index contributed by atoms with van der Waals surface area (Å²) in [5, 5.41) is 0. The first-order valence-electron chi connectivity index (χ1n) is 9.12. The first-order chi connectivity index (χ1) is 12.6. The van der Waals surface area contributed by atoms with Gasteiger partial charge in [-0.15, -0.1) is 11.8 Å². The van der Waals surface area contributed by atoms with Gasteiger partial charge in [0.15, 0.2) is 0 Å². The third-order valence-electron chi connectivity index (χ3n) is 5.04. The van der Waals surface area contributed by atoms with Crippen molar-refractivity contribution in [2.75, 3.05) is 25.4 Å². The van der Waals surface area contributed by atoms with Crippen LogP contribution in [0.2, 0.25) is 0 Å². The number of likely N-dealkylation sites (tertiary alicyclic amines) is 1. The lowest BCUT2D eigenvalue weighted by molar-refractivity contribution is 0.0514. The molecule has 1 unspecified atom stereocenters. The molecule has 0 spiro atoms. The van der Waals surface area contributed by atoms with Crippen molar-refractivity contribution in [3.8, 4) is 0 Å². The van der Waals surface area contributed by atoms with Gasteiger partial charge in [0.1, 0.15) is 11.5 Å². The van der Waals surface area contributed by atoms with Crippen LogP contribution < -0.4 is 0 Å². The molecule has 2 aliphatic heterocycles. The number of hydrogen-bond acceptors (Lipinski definition) is 5. The maximum atomic E-state index is 12.7. The number of hydrogen-bond donors (Lipinski definition) is 0. The first-order valence-corrected chi connectivity index (χ1v) is 10.1. The van der Waals surface area contributed by atoms with E-state index in [2.05, 4.69) is 0 Å². The van der Waals surface area contributed by atoms with Gasteiger partial charge in [0.2, 0.25) is 0 Å². The van der Waals surface area contributed by atoms with Crippen LogP contribution in [0, 0.1) is 0 Å². The summed E-state index contributed by atoms with van der Waals surface area (Å²) >= 11 is 1.72. The zero-order valence-corrected chi connectivity index (χ0v) is 16.2. The van der Waals surface area contributed by atoms with E-state index in [1.165, 1.54) is 0 Å². The van der Waals surface area contributed by atoms with E-state index in [0.717, 1.165) is 24.2 Å². The monoisotopic (exact) mass is 378 g/mol. The lowest BCUT2D eigenvalue weighted by Crippen LogP contribution is -2.57. The largest absolute Gasteiger partial charge is 0.450 e. The number of nitrogens with zero attached hydrogens (tertiary/aromatic N) is 2. The molecule has 2 atom stereocenters. The van der Waals surface area contributed by atoms with Crippen molar-refractivity contribution in [3.05, 3.63) is 35.9 Å². The Bertz CT molecular complexity index is 642. The number of benzene rings is 1. The molecule has 0 N–H and O–H groups in total. The zero-order valence-electron chi connectivity index (χ0n) is 15.3. The van der Waals surface area contributed by atoms with Crippen LogP contribution in [0.25, 0.3) is 0 Å². The van der Waals surface area contributed by atoms with Gasteiger partial charge in [-0.1, -0.05) is 30.3 Å². The number of carbonyl (C=O) groups excluding carboxylic acids is 2. The Labute approximate surface area is 158 Å². The molecular weight excluding hydrogens is 352 g/mol. The third kappa shape index (κ3) is 3.77. The second kappa shape index (κ2) is 8.20. The fourth-order valence-corrected chi connectivity index (χ4v) is 5.18. The van der Waals surface area contributed by atoms with Crippen molar-refractivity contribution >= 4 is 23.9 Å². The van der Waals surface area contributed by atoms with Gasteiger partial charge in [-0.25, -0.2) is 9.59 Å². The van der Waals surface area contributed by atoms with Crippen molar-refractivity contribution in [1.29, 1.82) is 0 Å². The molecule has 1 aromatic rings. The highest BCUT2D eigenvalue weighted by Crippen LogP contribution is 2.44. The van der Waals surface area contributed by atoms with Gasteiger partial charge < -0.3 is 14.4 Å². The molecule has 2 amide bonds. The molecule has 1 aromatic carbocycles. The molecule has 0 aliphatic carbocycles. The van der Waals surface area contributed by atoms with E-state index >= 15 is 0 Å². The maximum absolute atomic E-state index is 12.7. The van der Waals surface area contributed by atoms with Gasteiger partial charge in [0.25, 0.3) is 0 Å². The SMILES string of the molecule is CCOC(=O)N1CCSC1(C)[C@@H]1CCCN1C(=O)OCc1ccccc1. The second-order valence-electron chi connectivity index (χ2n) is 6.65. The van der Waals surface area contributed by atoms with E-state index in [-0.39, 0.29) is 24.8 Å². The number of rotatable bonds is 4. The summed E-state index contributed by atoms with van der Waals surface area (Å²) < 4.78 is 10.8. The molecule has 2 heterocycles. The fraction of sp³-hybridized carbons (Fsp3) is 0.579. The lowest BCUT2D eigenvalue weighted by Gasteiger charge is -2.41. The average Bonchev–Trinajstić information content (AvgIpc) is 3.28. The van der Waals surface area contributed by atoms with Crippen molar-refractivity contribution in [3.63, 3.8) is 0 Å². The Kier molecular flexibility index (Phi) is 5.96. The Morgan fingerprint density at radius 1 is 1.19 bits per heavy atom. The molecule has 2 aliphatic rings. The van der Waals surface area contributed by atoms with Crippen LogP contribution in [0.4, 0.5) is 9.59 Å². The Morgan fingerprint density at radius 3 is 2.69 bits per heavy atom. The summed E-state index contributed by atoms with van der Waals surface area (Å²) in [7, 11) is 0. The predicted molar refractivity (Wildman–Crippen MR) is 101 cm³/mol. The highest BCUT2D eigenvalue weighted by atomic mass is 32.2. The Balaban J connectivity index is 1.68. The number of carbonyl (C=O) groups is 2. The van der Waals surface area contributed by atoms with Crippen molar-refractivity contribution < 1.29 is 19.1 Å². The Hall–Kier alpha value is -1.89. The van der Waals surface area contributed by atoms with Crippen LogP contribution in [0.5, 0.6) is 0 Å². The van der Waals surface area contributed by atoms with Gasteiger partial charge in [0.05, 0.1) is 12.6 Å². The molecule has 2 fully saturated rings. The summed E-state index contributed by atoms with van der Waals surface area (Å²) in [6, 6.07) is 9.59. The minimum atomic E-state index is -0.478. The van der Waals surface area contributed by atoms with Crippen molar-refractivity contribution in [1.82, 2.24) is 9.80 Å². The van der Waals surface area contributed by atoms with Crippen LogP contribution in [0.1, 0.15) is 32.3 Å². The van der Waals surface area contributed by atoms with Crippen molar-refractivity contribution in [2.45, 2.75) is 44.2 Å². The molecule has 0 bridgehead atoms. The van der Waals surface area contributed by atoms with Gasteiger partial charge in [-0.05, 0) is 32.3 Å². The molecule has 7 heteroatoms. The minimum Gasteiger partial charge on any atom is -0.450 e. The van der Waals surface area contributed by atoms with Crippen LogP contribution in [0.15, 0.2) is 30.3 Å². The zero-order chi connectivity index (χ0) is 18.6. The van der Waals surface area contributed by atoms with Gasteiger partial charge in [-0.2, -0.15) is 0 Å². The van der Waals surface area contributed by atoms with Gasteiger partial charge >= 0.3 is 12.2 Å². The maximum Gasteiger partial charge on any atom is 0.410 e. The van der Waals surface area contributed by atoms with Crippen molar-refractivity contribution in [2.24, 2.45) is 0 Å². The Morgan fingerprint density at radius 2 is 1.96 bits per heavy atom. The summed E-state index contributed by atoms with van der Waals surface area (Å²) in [6.45, 7) is 5.75. The summed E-state index contributed by atoms with van der Waals surface area (Å²) in [6.07, 6.45) is 1.16. The molecule has 3 rings (SSSR count). The smallest absolute Gasteiger partial charge is 0.410 e. The fourth-order valence-electron chi connectivity index (χ4n) is 3.74. The van der Waals surface area contributed by atoms with Gasteiger partial charge in [0, 0.05) is 18.8 Å². The topological polar surface area (TPSA) is 59.1 Å². The number of thioether (sulfide) groups is 1. The van der Waals surface area contributed by atoms with Crippen LogP contribution in [-0.2, 0) is 16.1 Å². The highest BCUT2D eigenvalue weighted by molar-refractivity contribution is 8.00. The predicted octanol–water partition coefficient (Wildman–Crippen LogP) is 3.71. The average molecular weight is 378 g/mol. The first kappa shape index (κ1) is 18.9. The van der Waals surface area contributed by atoms with E-state index in [1.807, 2.05) is 37.3 Å². The van der Waals surface area contributed by atoms with E-state index in [1.54, 1.807) is 28.5 Å². The van der Waals surface area contributed by atoms with Crippen LogP contribution in [-0.4, -0.2) is 58.3 Å². The standard InChI is InChI=1S/C19H26N2O4S/c1-3-24-18(23)21-12-13-26-19(21,2)16-10-7-11-20(16)17(22)25-14-15-8-5-4-6-9-15/h4-6,8-9,16H,3,7,10-14H2,1-2H3/t16-,19?/m0/s1. The second-order valence-corrected chi connectivity index (χ2v) is 8.17.